The van der Waals surface area contributed by atoms with Gasteiger partial charge in [-0.1, -0.05) is 18.2 Å². The first-order chi connectivity index (χ1) is 11.3. The van der Waals surface area contributed by atoms with Gasteiger partial charge in [0.2, 0.25) is 5.88 Å². The molecule has 0 saturated heterocycles. The maximum Gasteiger partial charge on any atom is 0.272 e. The summed E-state index contributed by atoms with van der Waals surface area (Å²) in [5.41, 5.74) is 1.02. The van der Waals surface area contributed by atoms with E-state index in [9.17, 15) is 4.55 Å². The molecule has 1 unspecified atom stereocenters. The molecule has 6 nitrogen and oxygen atoms in total. The van der Waals surface area contributed by atoms with E-state index in [0.717, 1.165) is 10.5 Å². The van der Waals surface area contributed by atoms with E-state index in [4.69, 9.17) is 4.74 Å². The number of anilines is 1. The Kier molecular flexibility index (Phi) is 3.57. The van der Waals surface area contributed by atoms with Crippen LogP contribution < -0.4 is 9.04 Å². The SMILES string of the molecule is [O-][S+]1c2ccccc2CN1c1nccc(Oc2cccnc2)n1. The van der Waals surface area contributed by atoms with Gasteiger partial charge in [0.05, 0.1) is 12.7 Å². The van der Waals surface area contributed by atoms with Gasteiger partial charge in [0.15, 0.2) is 4.90 Å². The maximum absolute atomic E-state index is 12.6. The molecule has 0 amide bonds. The Bertz CT molecular complexity index is 831. The summed E-state index contributed by atoms with van der Waals surface area (Å²) in [6, 6.07) is 12.9. The fourth-order valence-electron chi connectivity index (χ4n) is 2.32. The summed E-state index contributed by atoms with van der Waals surface area (Å²) in [6.45, 7) is 0.513. The molecule has 1 atom stereocenters. The minimum Gasteiger partial charge on any atom is -0.588 e. The number of hydrogen-bond acceptors (Lipinski definition) is 6. The number of pyridine rings is 1. The number of hydrogen-bond donors (Lipinski definition) is 0. The lowest BCUT2D eigenvalue weighted by atomic mass is 10.2. The Labute approximate surface area is 136 Å². The molecule has 1 aliphatic rings. The van der Waals surface area contributed by atoms with Gasteiger partial charge in [-0.15, -0.1) is 4.31 Å². The van der Waals surface area contributed by atoms with Crippen molar-refractivity contribution in [2.24, 2.45) is 0 Å². The minimum atomic E-state index is -1.30. The van der Waals surface area contributed by atoms with Crippen molar-refractivity contribution in [2.75, 3.05) is 4.31 Å². The van der Waals surface area contributed by atoms with Crippen molar-refractivity contribution in [3.05, 3.63) is 66.6 Å². The van der Waals surface area contributed by atoms with Gasteiger partial charge in [0, 0.05) is 24.0 Å². The molecule has 4 rings (SSSR count). The molecule has 2 aromatic heterocycles. The lowest BCUT2D eigenvalue weighted by molar-refractivity contribution is 0.459. The Balaban J connectivity index is 1.60. The second-order valence-corrected chi connectivity index (χ2v) is 6.26. The molecule has 3 aromatic rings. The number of aromatic nitrogens is 3. The van der Waals surface area contributed by atoms with Crippen molar-refractivity contribution in [1.82, 2.24) is 15.0 Å². The summed E-state index contributed by atoms with van der Waals surface area (Å²) in [6.07, 6.45) is 4.86. The first kappa shape index (κ1) is 14.0. The van der Waals surface area contributed by atoms with Gasteiger partial charge in [-0.2, -0.15) is 4.98 Å². The molecule has 0 radical (unpaired) electrons. The molecule has 0 aliphatic carbocycles. The molecule has 3 heterocycles. The van der Waals surface area contributed by atoms with Crippen molar-refractivity contribution in [3.8, 4) is 11.6 Å². The van der Waals surface area contributed by atoms with Gasteiger partial charge < -0.3 is 9.29 Å². The summed E-state index contributed by atoms with van der Waals surface area (Å²) < 4.78 is 19.9. The number of rotatable bonds is 3. The van der Waals surface area contributed by atoms with Crippen LogP contribution in [-0.4, -0.2) is 19.5 Å². The van der Waals surface area contributed by atoms with Crippen molar-refractivity contribution in [2.45, 2.75) is 11.4 Å². The van der Waals surface area contributed by atoms with E-state index in [2.05, 4.69) is 15.0 Å². The summed E-state index contributed by atoms with van der Waals surface area (Å²) in [7, 11) is 0. The number of fused-ring (bicyclic) bond motifs is 1. The standard InChI is InChI=1S/C16H12N4O2S/c21-23-14-6-2-1-4-12(14)11-20(23)16-18-9-7-15(19-16)22-13-5-3-8-17-10-13/h1-10H,11H2. The molecule has 0 spiro atoms. The van der Waals surface area contributed by atoms with E-state index in [1.807, 2.05) is 24.3 Å². The van der Waals surface area contributed by atoms with Crippen LogP contribution in [0.15, 0.2) is 66.0 Å². The molecule has 7 heteroatoms. The van der Waals surface area contributed by atoms with E-state index >= 15 is 0 Å². The Hall–Kier alpha value is -2.64. The Morgan fingerprint density at radius 1 is 1.09 bits per heavy atom. The minimum absolute atomic E-state index is 0.376. The Morgan fingerprint density at radius 2 is 2.00 bits per heavy atom. The predicted octanol–water partition coefficient (Wildman–Crippen LogP) is 2.71. The largest absolute Gasteiger partial charge is 0.588 e. The molecule has 0 saturated carbocycles. The fraction of sp³-hybridized carbons (Fsp3) is 0.0625. The van der Waals surface area contributed by atoms with Crippen molar-refractivity contribution >= 4 is 17.3 Å². The van der Waals surface area contributed by atoms with Gasteiger partial charge in [0.1, 0.15) is 17.1 Å². The van der Waals surface area contributed by atoms with Gasteiger partial charge in [-0.3, -0.25) is 4.98 Å². The van der Waals surface area contributed by atoms with Gasteiger partial charge in [-0.25, -0.2) is 4.98 Å². The molecular weight excluding hydrogens is 312 g/mol. The molecular formula is C16H12N4O2S. The zero-order valence-electron chi connectivity index (χ0n) is 12.0. The molecule has 0 N–H and O–H groups in total. The van der Waals surface area contributed by atoms with E-state index < -0.39 is 11.4 Å². The third kappa shape index (κ3) is 2.71. The molecule has 114 valence electrons. The third-order valence-corrected chi connectivity index (χ3v) is 4.84. The van der Waals surface area contributed by atoms with Crippen LogP contribution in [0.1, 0.15) is 5.56 Å². The van der Waals surface area contributed by atoms with Crippen molar-refractivity contribution in [3.63, 3.8) is 0 Å². The van der Waals surface area contributed by atoms with Crippen LogP contribution >= 0.6 is 0 Å². The second-order valence-electron chi connectivity index (χ2n) is 4.88. The topological polar surface area (TPSA) is 74.2 Å². The van der Waals surface area contributed by atoms with Crippen LogP contribution in [0, 0.1) is 0 Å². The van der Waals surface area contributed by atoms with Crippen LogP contribution in [0.5, 0.6) is 11.6 Å². The molecule has 1 aliphatic heterocycles. The number of nitrogens with zero attached hydrogens (tertiary/aromatic N) is 4. The lowest BCUT2D eigenvalue weighted by Crippen LogP contribution is -2.25. The predicted molar refractivity (Wildman–Crippen MR) is 85.4 cm³/mol. The van der Waals surface area contributed by atoms with Crippen LogP contribution in [-0.2, 0) is 17.9 Å². The van der Waals surface area contributed by atoms with Gasteiger partial charge in [-0.05, 0) is 18.2 Å². The molecule has 0 fully saturated rings. The number of ether oxygens (including phenoxy) is 1. The second kappa shape index (κ2) is 5.86. The van der Waals surface area contributed by atoms with Crippen LogP contribution in [0.25, 0.3) is 0 Å². The van der Waals surface area contributed by atoms with E-state index in [-0.39, 0.29) is 0 Å². The van der Waals surface area contributed by atoms with Crippen molar-refractivity contribution < 1.29 is 9.29 Å². The summed E-state index contributed by atoms with van der Waals surface area (Å²) >= 11 is -1.30. The Morgan fingerprint density at radius 3 is 2.83 bits per heavy atom. The molecule has 0 bridgehead atoms. The van der Waals surface area contributed by atoms with Crippen LogP contribution in [0.3, 0.4) is 0 Å². The molecule has 23 heavy (non-hydrogen) atoms. The summed E-state index contributed by atoms with van der Waals surface area (Å²) in [5, 5.41) is 0. The summed E-state index contributed by atoms with van der Waals surface area (Å²) in [5.74, 6) is 1.35. The quantitative estimate of drug-likeness (QED) is 0.690. The smallest absolute Gasteiger partial charge is 0.272 e. The van der Waals surface area contributed by atoms with Crippen LogP contribution in [0.4, 0.5) is 5.95 Å². The van der Waals surface area contributed by atoms with Crippen molar-refractivity contribution in [1.29, 1.82) is 0 Å². The summed E-state index contributed by atoms with van der Waals surface area (Å²) in [4.78, 5) is 13.4. The fourth-order valence-corrected chi connectivity index (χ4v) is 3.60. The van der Waals surface area contributed by atoms with E-state index in [1.165, 1.54) is 0 Å². The zero-order chi connectivity index (χ0) is 15.6. The van der Waals surface area contributed by atoms with Crippen LogP contribution in [0.2, 0.25) is 0 Å². The lowest BCUT2D eigenvalue weighted by Gasteiger charge is -2.16. The van der Waals surface area contributed by atoms with E-state index in [0.29, 0.717) is 24.1 Å². The average Bonchev–Trinajstić information content (AvgIpc) is 2.93. The van der Waals surface area contributed by atoms with Gasteiger partial charge in [0.25, 0.3) is 5.95 Å². The third-order valence-electron chi connectivity index (χ3n) is 3.37. The highest BCUT2D eigenvalue weighted by Gasteiger charge is 2.35. The highest BCUT2D eigenvalue weighted by Crippen LogP contribution is 2.33. The highest BCUT2D eigenvalue weighted by atomic mass is 32.2. The highest BCUT2D eigenvalue weighted by molar-refractivity contribution is 7.93. The number of benzene rings is 1. The monoisotopic (exact) mass is 324 g/mol. The first-order valence-corrected chi connectivity index (χ1v) is 8.10. The van der Waals surface area contributed by atoms with Gasteiger partial charge >= 0.3 is 0 Å². The normalized spacial score (nSPS) is 16.2. The molecule has 1 aromatic carbocycles. The maximum atomic E-state index is 12.6. The zero-order valence-corrected chi connectivity index (χ0v) is 12.8. The van der Waals surface area contributed by atoms with E-state index in [1.54, 1.807) is 41.1 Å². The first-order valence-electron chi connectivity index (χ1n) is 6.99. The average molecular weight is 324 g/mol.